The maximum Gasteiger partial charge on any atom is 0.243 e. The number of benzene rings is 1. The number of amides is 1. The number of aryl methyl sites for hydroxylation is 1. The van der Waals surface area contributed by atoms with Crippen LogP contribution in [0.4, 0.5) is 10.1 Å². The molecule has 8 heteroatoms. The Morgan fingerprint density at radius 3 is 2.82 bits per heavy atom. The van der Waals surface area contributed by atoms with E-state index in [2.05, 4.69) is 15.5 Å². The quantitative estimate of drug-likeness (QED) is 0.732. The van der Waals surface area contributed by atoms with Crippen LogP contribution in [0.1, 0.15) is 23.4 Å². The first kappa shape index (κ1) is 18.4. The van der Waals surface area contributed by atoms with Crippen molar-refractivity contribution in [3.63, 3.8) is 0 Å². The highest BCUT2D eigenvalue weighted by Gasteiger charge is 2.30. The van der Waals surface area contributed by atoms with E-state index in [1.165, 1.54) is 6.20 Å². The van der Waals surface area contributed by atoms with Crippen molar-refractivity contribution in [2.24, 2.45) is 7.05 Å². The van der Waals surface area contributed by atoms with Crippen molar-refractivity contribution in [3.05, 3.63) is 65.5 Å². The van der Waals surface area contributed by atoms with Crippen LogP contribution in [0, 0.1) is 5.82 Å². The number of halogens is 1. The molecule has 3 aromatic rings. The van der Waals surface area contributed by atoms with Crippen LogP contribution in [-0.2, 0) is 31.4 Å². The number of rotatable bonds is 5. The number of fused-ring (bicyclic) bond motifs is 1. The molecule has 0 unspecified atom stereocenters. The molecule has 1 atom stereocenters. The Balaban J connectivity index is 1.42. The van der Waals surface area contributed by atoms with Gasteiger partial charge in [-0.2, -0.15) is 10.2 Å². The number of nitrogens with zero attached hydrogens (tertiary/aromatic N) is 5. The van der Waals surface area contributed by atoms with Gasteiger partial charge in [-0.05, 0) is 18.4 Å². The van der Waals surface area contributed by atoms with Crippen molar-refractivity contribution in [2.75, 3.05) is 11.9 Å². The molecule has 3 heterocycles. The third-order valence-corrected chi connectivity index (χ3v) is 5.19. The van der Waals surface area contributed by atoms with Gasteiger partial charge in [0.25, 0.3) is 0 Å². The van der Waals surface area contributed by atoms with E-state index in [4.69, 9.17) is 0 Å². The van der Waals surface area contributed by atoms with Crippen molar-refractivity contribution in [1.82, 2.24) is 24.9 Å². The van der Waals surface area contributed by atoms with Crippen molar-refractivity contribution in [2.45, 2.75) is 32.0 Å². The Labute approximate surface area is 162 Å². The molecular weight excluding hydrogens is 359 g/mol. The second-order valence-corrected chi connectivity index (χ2v) is 7.08. The SMILES string of the molecule is CN1C(=O)[C@H](NCc2nn(Cc3ccccc3)cc2F)CCc2c1cnn2C. The van der Waals surface area contributed by atoms with Gasteiger partial charge in [-0.3, -0.25) is 19.5 Å². The van der Waals surface area contributed by atoms with Gasteiger partial charge < -0.3 is 4.90 Å². The Kier molecular flexibility index (Phi) is 4.95. The number of carbonyl (C=O) groups excluding carboxylic acids is 1. The molecule has 28 heavy (non-hydrogen) atoms. The van der Waals surface area contributed by atoms with Gasteiger partial charge in [0.1, 0.15) is 5.69 Å². The Hall–Kier alpha value is -3.00. The first-order chi connectivity index (χ1) is 13.5. The van der Waals surface area contributed by atoms with Crippen molar-refractivity contribution in [1.29, 1.82) is 0 Å². The number of anilines is 1. The van der Waals surface area contributed by atoms with E-state index in [1.807, 2.05) is 37.4 Å². The molecule has 1 amide bonds. The van der Waals surface area contributed by atoms with E-state index in [-0.39, 0.29) is 18.3 Å². The molecule has 7 nitrogen and oxygen atoms in total. The molecule has 0 aliphatic carbocycles. The Morgan fingerprint density at radius 1 is 1.25 bits per heavy atom. The van der Waals surface area contributed by atoms with E-state index in [0.29, 0.717) is 18.7 Å². The fraction of sp³-hybridized carbons (Fsp3) is 0.350. The number of hydrogen-bond donors (Lipinski definition) is 1. The van der Waals surface area contributed by atoms with Crippen LogP contribution in [0.2, 0.25) is 0 Å². The molecule has 0 bridgehead atoms. The average Bonchev–Trinajstić information content (AvgIpc) is 3.20. The van der Waals surface area contributed by atoms with Gasteiger partial charge in [-0.25, -0.2) is 4.39 Å². The first-order valence-corrected chi connectivity index (χ1v) is 9.30. The third-order valence-electron chi connectivity index (χ3n) is 5.19. The van der Waals surface area contributed by atoms with Crippen LogP contribution >= 0.6 is 0 Å². The molecule has 146 valence electrons. The van der Waals surface area contributed by atoms with Crippen LogP contribution < -0.4 is 10.2 Å². The summed E-state index contributed by atoms with van der Waals surface area (Å²) in [5.74, 6) is -0.416. The number of hydrogen-bond acceptors (Lipinski definition) is 4. The molecule has 0 radical (unpaired) electrons. The van der Waals surface area contributed by atoms with E-state index >= 15 is 0 Å². The monoisotopic (exact) mass is 382 g/mol. The molecule has 1 aliphatic heterocycles. The van der Waals surface area contributed by atoms with E-state index in [1.54, 1.807) is 27.5 Å². The van der Waals surface area contributed by atoms with Gasteiger partial charge >= 0.3 is 0 Å². The zero-order valence-corrected chi connectivity index (χ0v) is 16.0. The van der Waals surface area contributed by atoms with Crippen LogP contribution in [0.25, 0.3) is 0 Å². The minimum Gasteiger partial charge on any atom is -0.311 e. The third kappa shape index (κ3) is 3.55. The zero-order chi connectivity index (χ0) is 19.7. The topological polar surface area (TPSA) is 68.0 Å². The minimum atomic E-state index is -0.393. The molecule has 0 spiro atoms. The van der Waals surface area contributed by atoms with Gasteiger partial charge in [0.2, 0.25) is 5.91 Å². The predicted molar refractivity (Wildman–Crippen MR) is 103 cm³/mol. The van der Waals surface area contributed by atoms with E-state index < -0.39 is 6.04 Å². The highest BCUT2D eigenvalue weighted by atomic mass is 19.1. The minimum absolute atomic E-state index is 0.0455. The van der Waals surface area contributed by atoms with E-state index in [0.717, 1.165) is 23.4 Å². The fourth-order valence-electron chi connectivity index (χ4n) is 3.60. The summed E-state index contributed by atoms with van der Waals surface area (Å²) in [5.41, 5.74) is 3.22. The Bertz CT molecular complexity index is 980. The smallest absolute Gasteiger partial charge is 0.243 e. The van der Waals surface area contributed by atoms with Crippen LogP contribution in [0.3, 0.4) is 0 Å². The maximum absolute atomic E-state index is 14.3. The maximum atomic E-state index is 14.3. The lowest BCUT2D eigenvalue weighted by Gasteiger charge is -2.20. The van der Waals surface area contributed by atoms with Gasteiger partial charge in [0.05, 0.1) is 36.4 Å². The first-order valence-electron chi connectivity index (χ1n) is 9.30. The Morgan fingerprint density at radius 2 is 2.04 bits per heavy atom. The second kappa shape index (κ2) is 7.55. The summed E-state index contributed by atoms with van der Waals surface area (Å²) >= 11 is 0. The average molecular weight is 382 g/mol. The summed E-state index contributed by atoms with van der Waals surface area (Å²) in [5, 5.41) is 11.8. The van der Waals surface area contributed by atoms with E-state index in [9.17, 15) is 9.18 Å². The summed E-state index contributed by atoms with van der Waals surface area (Å²) in [6.45, 7) is 0.706. The fourth-order valence-corrected chi connectivity index (χ4v) is 3.60. The summed E-state index contributed by atoms with van der Waals surface area (Å²) in [6, 6.07) is 9.39. The second-order valence-electron chi connectivity index (χ2n) is 7.08. The van der Waals surface area contributed by atoms with Crippen molar-refractivity contribution < 1.29 is 9.18 Å². The highest BCUT2D eigenvalue weighted by molar-refractivity contribution is 5.97. The number of likely N-dealkylation sites (N-methyl/N-ethyl adjacent to an activating group) is 1. The molecule has 0 fully saturated rings. The largest absolute Gasteiger partial charge is 0.311 e. The molecule has 2 aromatic heterocycles. The lowest BCUT2D eigenvalue weighted by molar-refractivity contribution is -0.120. The van der Waals surface area contributed by atoms with Crippen LogP contribution in [-0.4, -0.2) is 38.6 Å². The standard InChI is InChI=1S/C20H23FN6O/c1-25-19-11-23-26(2)18(19)9-8-16(20(25)28)22-10-17-15(21)13-27(24-17)12-14-6-4-3-5-7-14/h3-7,11,13,16,22H,8-10,12H2,1-2H3/t16-/m1/s1. The van der Waals surface area contributed by atoms with Gasteiger partial charge in [-0.15, -0.1) is 0 Å². The summed E-state index contributed by atoms with van der Waals surface area (Å²) in [4.78, 5) is 14.4. The highest BCUT2D eigenvalue weighted by Crippen LogP contribution is 2.25. The molecule has 4 rings (SSSR count). The molecule has 0 saturated heterocycles. The lowest BCUT2D eigenvalue weighted by atomic mass is 10.1. The molecule has 1 N–H and O–H groups in total. The zero-order valence-electron chi connectivity index (χ0n) is 16.0. The number of carbonyl (C=O) groups is 1. The van der Waals surface area contributed by atoms with Crippen LogP contribution in [0.15, 0.2) is 42.7 Å². The predicted octanol–water partition coefficient (Wildman–Crippen LogP) is 1.87. The normalized spacial score (nSPS) is 16.9. The van der Waals surface area contributed by atoms with Crippen LogP contribution in [0.5, 0.6) is 0 Å². The summed E-state index contributed by atoms with van der Waals surface area (Å²) in [6.07, 6.45) is 4.46. The number of aromatic nitrogens is 4. The number of nitrogens with one attached hydrogen (secondary N) is 1. The van der Waals surface area contributed by atoms with Crippen molar-refractivity contribution >= 4 is 11.6 Å². The van der Waals surface area contributed by atoms with Gasteiger partial charge in [0.15, 0.2) is 5.82 Å². The van der Waals surface area contributed by atoms with Gasteiger partial charge in [-0.1, -0.05) is 30.3 Å². The van der Waals surface area contributed by atoms with Gasteiger partial charge in [0, 0.05) is 20.6 Å². The molecule has 0 saturated carbocycles. The lowest BCUT2D eigenvalue weighted by Crippen LogP contribution is -2.44. The van der Waals surface area contributed by atoms with Crippen molar-refractivity contribution in [3.8, 4) is 0 Å². The molecule has 1 aromatic carbocycles. The summed E-state index contributed by atoms with van der Waals surface area (Å²) < 4.78 is 17.7. The molecule has 1 aliphatic rings. The summed E-state index contributed by atoms with van der Waals surface area (Å²) in [7, 11) is 3.62. The molecular formula is C20H23FN6O.